The molecule has 0 spiro atoms. The van der Waals surface area contributed by atoms with E-state index in [2.05, 4.69) is 19.8 Å². The number of anilines is 3. The number of hydrogen-bond acceptors (Lipinski definition) is 7. The summed E-state index contributed by atoms with van der Waals surface area (Å²) < 4.78 is 52.8. The largest absolute Gasteiger partial charge is 0.506 e. The molecule has 0 unspecified atom stereocenters. The Morgan fingerprint density at radius 2 is 1.77 bits per heavy atom. The molecule has 0 radical (unpaired) electrons. The van der Waals surface area contributed by atoms with Gasteiger partial charge in [-0.1, -0.05) is 11.6 Å². The van der Waals surface area contributed by atoms with E-state index in [-0.39, 0.29) is 27.3 Å². The second-order valence-corrected chi connectivity index (χ2v) is 9.17. The number of phenolic OH excluding ortho intramolecular Hbond substituents is 1. The molecule has 0 bridgehead atoms. The Bertz CT molecular complexity index is 1110. The third-order valence-corrected chi connectivity index (χ3v) is 5.36. The van der Waals surface area contributed by atoms with E-state index in [9.17, 15) is 21.9 Å². The highest BCUT2D eigenvalue weighted by atomic mass is 35.5. The fourth-order valence-corrected chi connectivity index (χ4v) is 4.20. The first kappa shape index (κ1) is 18.3. The molecule has 12 heteroatoms. The van der Waals surface area contributed by atoms with Crippen molar-refractivity contribution in [3.63, 3.8) is 0 Å². The molecule has 138 valence electrons. The van der Waals surface area contributed by atoms with Crippen LogP contribution >= 0.6 is 11.6 Å². The zero-order valence-corrected chi connectivity index (χ0v) is 15.6. The highest BCUT2D eigenvalue weighted by Crippen LogP contribution is 2.37. The highest BCUT2D eigenvalue weighted by molar-refractivity contribution is 7.92. The van der Waals surface area contributed by atoms with Crippen molar-refractivity contribution in [2.24, 2.45) is 4.40 Å². The lowest BCUT2D eigenvalue weighted by Crippen LogP contribution is -2.28. The van der Waals surface area contributed by atoms with Gasteiger partial charge in [-0.15, -0.1) is 4.40 Å². The van der Waals surface area contributed by atoms with E-state index < -0.39 is 20.0 Å². The molecule has 1 aliphatic rings. The van der Waals surface area contributed by atoms with Crippen molar-refractivity contribution in [2.75, 3.05) is 21.6 Å². The van der Waals surface area contributed by atoms with E-state index in [0.717, 1.165) is 6.26 Å². The molecular weight excluding hydrogens is 404 g/mol. The van der Waals surface area contributed by atoms with Crippen LogP contribution in [0.15, 0.2) is 45.7 Å². The third kappa shape index (κ3) is 4.00. The second kappa shape index (κ2) is 6.34. The van der Waals surface area contributed by atoms with Crippen LogP contribution in [0.1, 0.15) is 0 Å². The van der Waals surface area contributed by atoms with E-state index in [0.29, 0.717) is 11.4 Å². The van der Waals surface area contributed by atoms with Gasteiger partial charge in [0.15, 0.2) is 0 Å². The SMILES string of the molecule is CS(=O)(=O)Nc1ccc(NC2=NS(=O)(=O)c3cc(Cl)cc(O)c3N2)cc1. The average molecular weight is 417 g/mol. The van der Waals surface area contributed by atoms with Gasteiger partial charge in [0.25, 0.3) is 10.0 Å². The van der Waals surface area contributed by atoms with Gasteiger partial charge in [0.1, 0.15) is 16.3 Å². The first-order chi connectivity index (χ1) is 12.0. The Balaban J connectivity index is 1.87. The number of sulfonamides is 2. The standard InChI is InChI=1S/C14H13ClN4O5S2/c1-25(21,22)18-10-4-2-9(3-5-10)16-14-17-13-11(20)6-8(15)7-12(13)26(23,24)19-14/h2-7,18,20H,1H3,(H2,16,17,19). The van der Waals surface area contributed by atoms with Gasteiger partial charge in [0.2, 0.25) is 16.0 Å². The fourth-order valence-electron chi connectivity index (χ4n) is 2.23. The van der Waals surface area contributed by atoms with E-state index in [4.69, 9.17) is 11.6 Å². The first-order valence-electron chi connectivity index (χ1n) is 7.03. The molecule has 1 aliphatic heterocycles. The molecule has 1 heterocycles. The number of halogens is 1. The molecule has 0 atom stereocenters. The summed E-state index contributed by atoms with van der Waals surface area (Å²) in [4.78, 5) is -0.235. The quantitative estimate of drug-likeness (QED) is 0.561. The summed E-state index contributed by atoms with van der Waals surface area (Å²) >= 11 is 5.77. The van der Waals surface area contributed by atoms with Crippen LogP contribution < -0.4 is 15.4 Å². The maximum Gasteiger partial charge on any atom is 0.287 e. The predicted octanol–water partition coefficient (Wildman–Crippen LogP) is 2.00. The maximum atomic E-state index is 12.3. The van der Waals surface area contributed by atoms with Crippen LogP contribution in [0.25, 0.3) is 0 Å². The summed E-state index contributed by atoms with van der Waals surface area (Å²) in [7, 11) is -7.46. The Morgan fingerprint density at radius 1 is 1.15 bits per heavy atom. The number of guanidine groups is 1. The van der Waals surface area contributed by atoms with Gasteiger partial charge in [-0.25, -0.2) is 8.42 Å². The molecule has 0 aliphatic carbocycles. The zero-order chi connectivity index (χ0) is 19.1. The minimum atomic E-state index is -4.06. The smallest absolute Gasteiger partial charge is 0.287 e. The lowest BCUT2D eigenvalue weighted by molar-refractivity contribution is 0.476. The fraction of sp³-hybridized carbons (Fsp3) is 0.0714. The molecule has 0 fully saturated rings. The van der Waals surface area contributed by atoms with Gasteiger partial charge >= 0.3 is 0 Å². The maximum absolute atomic E-state index is 12.3. The summed E-state index contributed by atoms with van der Waals surface area (Å²) in [5, 5.41) is 15.4. The first-order valence-corrected chi connectivity index (χ1v) is 10.7. The molecule has 0 amide bonds. The van der Waals surface area contributed by atoms with Crippen molar-refractivity contribution >= 4 is 54.7 Å². The molecule has 3 rings (SSSR count). The number of phenols is 1. The topological polar surface area (TPSA) is 137 Å². The lowest BCUT2D eigenvalue weighted by Gasteiger charge is -2.20. The van der Waals surface area contributed by atoms with Crippen LogP contribution in [-0.4, -0.2) is 34.2 Å². The number of fused-ring (bicyclic) bond motifs is 1. The van der Waals surface area contributed by atoms with E-state index in [1.165, 1.54) is 36.4 Å². The van der Waals surface area contributed by atoms with Gasteiger partial charge in [-0.3, -0.25) is 4.72 Å². The molecule has 2 aromatic carbocycles. The minimum absolute atomic E-state index is 0.0396. The van der Waals surface area contributed by atoms with Crippen LogP contribution in [-0.2, 0) is 20.0 Å². The Labute approximate surface area is 154 Å². The monoisotopic (exact) mass is 416 g/mol. The number of benzene rings is 2. The van der Waals surface area contributed by atoms with E-state index >= 15 is 0 Å². The van der Waals surface area contributed by atoms with Crippen LogP contribution in [0.3, 0.4) is 0 Å². The van der Waals surface area contributed by atoms with Crippen molar-refractivity contribution in [1.29, 1.82) is 0 Å². The molecule has 0 aromatic heterocycles. The summed E-state index contributed by atoms with van der Waals surface area (Å²) in [6, 6.07) is 8.43. The van der Waals surface area contributed by atoms with Crippen LogP contribution in [0.2, 0.25) is 5.02 Å². The van der Waals surface area contributed by atoms with Gasteiger partial charge < -0.3 is 15.7 Å². The molecule has 26 heavy (non-hydrogen) atoms. The molecular formula is C14H13ClN4O5S2. The van der Waals surface area contributed by atoms with Gasteiger partial charge in [0.05, 0.1) is 6.26 Å². The molecule has 0 saturated heterocycles. The molecule has 0 saturated carbocycles. The molecule has 4 N–H and O–H groups in total. The minimum Gasteiger partial charge on any atom is -0.506 e. The Morgan fingerprint density at radius 3 is 2.38 bits per heavy atom. The number of nitrogens with one attached hydrogen (secondary N) is 3. The summed E-state index contributed by atoms with van der Waals surface area (Å²) in [6.45, 7) is 0. The number of nitrogens with zero attached hydrogens (tertiary/aromatic N) is 1. The number of hydrogen-bond donors (Lipinski definition) is 4. The molecule has 2 aromatic rings. The van der Waals surface area contributed by atoms with Crippen molar-refractivity contribution in [3.05, 3.63) is 41.4 Å². The van der Waals surface area contributed by atoms with Crippen molar-refractivity contribution in [2.45, 2.75) is 4.90 Å². The zero-order valence-electron chi connectivity index (χ0n) is 13.2. The van der Waals surface area contributed by atoms with Crippen molar-refractivity contribution < 1.29 is 21.9 Å². The number of aromatic hydroxyl groups is 1. The predicted molar refractivity (Wildman–Crippen MR) is 99.9 cm³/mol. The van der Waals surface area contributed by atoms with Crippen LogP contribution in [0.5, 0.6) is 5.75 Å². The molecule has 9 nitrogen and oxygen atoms in total. The summed E-state index contributed by atoms with van der Waals surface area (Å²) in [6.07, 6.45) is 1.03. The summed E-state index contributed by atoms with van der Waals surface area (Å²) in [5.74, 6) is -0.461. The lowest BCUT2D eigenvalue weighted by atomic mass is 10.3. The van der Waals surface area contributed by atoms with Crippen molar-refractivity contribution in [3.8, 4) is 5.75 Å². The van der Waals surface area contributed by atoms with Gasteiger partial charge in [-0.05, 0) is 30.3 Å². The Hall–Kier alpha value is -2.50. The van der Waals surface area contributed by atoms with Gasteiger partial charge in [-0.2, -0.15) is 8.42 Å². The average Bonchev–Trinajstić information content (AvgIpc) is 2.49. The van der Waals surface area contributed by atoms with E-state index in [1.54, 1.807) is 0 Å². The normalized spacial score (nSPS) is 15.4. The second-order valence-electron chi connectivity index (χ2n) is 5.41. The highest BCUT2D eigenvalue weighted by Gasteiger charge is 2.28. The third-order valence-electron chi connectivity index (χ3n) is 3.23. The van der Waals surface area contributed by atoms with E-state index in [1.807, 2.05) is 0 Å². The van der Waals surface area contributed by atoms with Crippen LogP contribution in [0, 0.1) is 0 Å². The number of rotatable bonds is 3. The summed E-state index contributed by atoms with van der Waals surface area (Å²) in [5.41, 5.74) is 0.756. The van der Waals surface area contributed by atoms with Crippen LogP contribution in [0.4, 0.5) is 17.1 Å². The van der Waals surface area contributed by atoms with Crippen molar-refractivity contribution in [1.82, 2.24) is 0 Å². The van der Waals surface area contributed by atoms with Gasteiger partial charge in [0, 0.05) is 22.5 Å². The Kier molecular flexibility index (Phi) is 4.46.